The number of aryl methyl sites for hydroxylation is 2. The standard InChI is InChI=1S/C20H17FN6/c21-14-4-1-12(2-5-14)7-8-22-20-24-10-15-17(26-20)6-3-13-9-23-19-16(18(13)15)11-25-27-19/h1-2,4-5,9-11H,3,6-8H2,(H,22,24,26)(H,23,25,27). The first-order valence-corrected chi connectivity index (χ1v) is 8.93. The van der Waals surface area contributed by atoms with Crippen molar-refractivity contribution in [1.29, 1.82) is 0 Å². The highest BCUT2D eigenvalue weighted by molar-refractivity contribution is 5.95. The predicted molar refractivity (Wildman–Crippen MR) is 101 cm³/mol. The van der Waals surface area contributed by atoms with Gasteiger partial charge < -0.3 is 5.32 Å². The largest absolute Gasteiger partial charge is 0.354 e. The molecule has 4 aromatic rings. The van der Waals surface area contributed by atoms with Crippen LogP contribution in [-0.2, 0) is 19.3 Å². The topological polar surface area (TPSA) is 79.4 Å². The third kappa shape index (κ3) is 2.91. The Bertz CT molecular complexity index is 1120. The number of aromatic nitrogens is 5. The van der Waals surface area contributed by atoms with Crippen LogP contribution in [0.1, 0.15) is 16.8 Å². The molecule has 0 atom stereocenters. The van der Waals surface area contributed by atoms with Gasteiger partial charge >= 0.3 is 0 Å². The lowest BCUT2D eigenvalue weighted by Crippen LogP contribution is -2.12. The molecule has 0 radical (unpaired) electrons. The molecule has 0 saturated heterocycles. The summed E-state index contributed by atoms with van der Waals surface area (Å²) >= 11 is 0. The van der Waals surface area contributed by atoms with Crippen molar-refractivity contribution in [3.63, 3.8) is 0 Å². The van der Waals surface area contributed by atoms with Crippen molar-refractivity contribution < 1.29 is 4.39 Å². The number of rotatable bonds is 4. The maximum atomic E-state index is 13.0. The van der Waals surface area contributed by atoms with Crippen LogP contribution in [-0.4, -0.2) is 31.7 Å². The van der Waals surface area contributed by atoms with Crippen molar-refractivity contribution in [1.82, 2.24) is 25.1 Å². The van der Waals surface area contributed by atoms with Crippen molar-refractivity contribution in [3.8, 4) is 11.1 Å². The number of aromatic amines is 1. The van der Waals surface area contributed by atoms with Gasteiger partial charge in [-0.2, -0.15) is 5.10 Å². The number of nitrogens with zero attached hydrogens (tertiary/aromatic N) is 4. The Kier molecular flexibility index (Phi) is 3.78. The van der Waals surface area contributed by atoms with Gasteiger partial charge in [-0.1, -0.05) is 12.1 Å². The average Bonchev–Trinajstić information content (AvgIpc) is 3.18. The highest BCUT2D eigenvalue weighted by atomic mass is 19.1. The van der Waals surface area contributed by atoms with Crippen molar-refractivity contribution in [2.45, 2.75) is 19.3 Å². The van der Waals surface area contributed by atoms with E-state index in [4.69, 9.17) is 4.98 Å². The van der Waals surface area contributed by atoms with Gasteiger partial charge in [0.1, 0.15) is 5.82 Å². The van der Waals surface area contributed by atoms with Crippen LogP contribution in [0.4, 0.5) is 10.3 Å². The number of hydrogen-bond acceptors (Lipinski definition) is 5. The van der Waals surface area contributed by atoms with Gasteiger partial charge in [-0.3, -0.25) is 5.10 Å². The van der Waals surface area contributed by atoms with E-state index in [9.17, 15) is 4.39 Å². The minimum atomic E-state index is -0.216. The molecule has 27 heavy (non-hydrogen) atoms. The van der Waals surface area contributed by atoms with Crippen LogP contribution in [0.2, 0.25) is 0 Å². The van der Waals surface area contributed by atoms with Crippen LogP contribution >= 0.6 is 0 Å². The summed E-state index contributed by atoms with van der Waals surface area (Å²) < 4.78 is 13.0. The first-order chi connectivity index (χ1) is 13.3. The molecule has 0 amide bonds. The molecule has 0 fully saturated rings. The molecule has 1 aliphatic rings. The SMILES string of the molecule is Fc1ccc(CCNc2ncc3c(n2)CCc2cnc4[nH]ncc4c2-3)cc1. The monoisotopic (exact) mass is 360 g/mol. The van der Waals surface area contributed by atoms with E-state index in [1.54, 1.807) is 12.1 Å². The molecule has 6 nitrogen and oxygen atoms in total. The van der Waals surface area contributed by atoms with E-state index in [2.05, 4.69) is 25.5 Å². The number of H-pyrrole nitrogens is 1. The van der Waals surface area contributed by atoms with Crippen molar-refractivity contribution in [2.75, 3.05) is 11.9 Å². The summed E-state index contributed by atoms with van der Waals surface area (Å²) in [6, 6.07) is 6.55. The summed E-state index contributed by atoms with van der Waals surface area (Å²) in [7, 11) is 0. The molecule has 2 N–H and O–H groups in total. The first-order valence-electron chi connectivity index (χ1n) is 8.93. The molecule has 1 aliphatic carbocycles. The van der Waals surface area contributed by atoms with Gasteiger partial charge in [0.2, 0.25) is 5.95 Å². The van der Waals surface area contributed by atoms with E-state index < -0.39 is 0 Å². The predicted octanol–water partition coefficient (Wildman–Crippen LogP) is 3.31. The maximum Gasteiger partial charge on any atom is 0.222 e. The molecule has 3 heterocycles. The Labute approximate surface area is 154 Å². The van der Waals surface area contributed by atoms with Crippen molar-refractivity contribution in [2.24, 2.45) is 0 Å². The van der Waals surface area contributed by atoms with Gasteiger partial charge in [-0.15, -0.1) is 0 Å². The number of pyridine rings is 1. The quantitative estimate of drug-likeness (QED) is 0.584. The second kappa shape index (κ2) is 6.42. The van der Waals surface area contributed by atoms with Gasteiger partial charge in [0.05, 0.1) is 11.9 Å². The number of benzene rings is 1. The number of anilines is 1. The number of fused-ring (bicyclic) bond motifs is 5. The second-order valence-corrected chi connectivity index (χ2v) is 6.65. The zero-order valence-electron chi connectivity index (χ0n) is 14.5. The summed E-state index contributed by atoms with van der Waals surface area (Å²) in [4.78, 5) is 13.6. The number of halogens is 1. The third-order valence-corrected chi connectivity index (χ3v) is 4.94. The fourth-order valence-electron chi connectivity index (χ4n) is 3.57. The van der Waals surface area contributed by atoms with Crippen LogP contribution in [0.5, 0.6) is 0 Å². The van der Waals surface area contributed by atoms with Gasteiger partial charge in [0, 0.05) is 35.5 Å². The minimum absolute atomic E-state index is 0.216. The summed E-state index contributed by atoms with van der Waals surface area (Å²) in [6.07, 6.45) is 8.15. The second-order valence-electron chi connectivity index (χ2n) is 6.65. The van der Waals surface area contributed by atoms with Crippen molar-refractivity contribution >= 4 is 17.0 Å². The normalized spacial score (nSPS) is 12.6. The Morgan fingerprint density at radius 3 is 2.81 bits per heavy atom. The zero-order valence-corrected chi connectivity index (χ0v) is 14.5. The molecule has 0 spiro atoms. The van der Waals surface area contributed by atoms with Gasteiger partial charge in [-0.25, -0.2) is 19.3 Å². The van der Waals surface area contributed by atoms with Crippen LogP contribution in [0, 0.1) is 5.82 Å². The van der Waals surface area contributed by atoms with Crippen molar-refractivity contribution in [3.05, 3.63) is 65.5 Å². The molecule has 5 rings (SSSR count). The molecule has 7 heteroatoms. The van der Waals surface area contributed by atoms with E-state index in [0.29, 0.717) is 12.5 Å². The molecule has 0 bridgehead atoms. The fraction of sp³-hybridized carbons (Fsp3) is 0.200. The van der Waals surface area contributed by atoms with Gasteiger partial charge in [-0.05, 0) is 42.5 Å². The van der Waals surface area contributed by atoms with E-state index in [-0.39, 0.29) is 5.82 Å². The lowest BCUT2D eigenvalue weighted by molar-refractivity contribution is 0.627. The minimum Gasteiger partial charge on any atom is -0.354 e. The maximum absolute atomic E-state index is 13.0. The Hall–Kier alpha value is -3.35. The smallest absolute Gasteiger partial charge is 0.222 e. The summed E-state index contributed by atoms with van der Waals surface area (Å²) in [6.45, 7) is 0.691. The van der Waals surface area contributed by atoms with Gasteiger partial charge in [0.15, 0.2) is 5.65 Å². The van der Waals surface area contributed by atoms with Crippen LogP contribution < -0.4 is 5.32 Å². The third-order valence-electron chi connectivity index (χ3n) is 4.94. The first kappa shape index (κ1) is 15.9. The molecule has 3 aromatic heterocycles. The molecular weight excluding hydrogens is 343 g/mol. The van der Waals surface area contributed by atoms with Crippen LogP contribution in [0.15, 0.2) is 42.9 Å². The van der Waals surface area contributed by atoms with E-state index in [1.807, 2.05) is 18.6 Å². The molecule has 0 saturated carbocycles. The average molecular weight is 360 g/mol. The molecule has 134 valence electrons. The lowest BCUT2D eigenvalue weighted by Gasteiger charge is -2.19. The summed E-state index contributed by atoms with van der Waals surface area (Å²) in [5.74, 6) is 0.406. The molecular formula is C20H17FN6. The zero-order chi connectivity index (χ0) is 18.2. The molecule has 0 aliphatic heterocycles. The summed E-state index contributed by atoms with van der Waals surface area (Å²) in [5, 5.41) is 11.3. The van der Waals surface area contributed by atoms with Crippen LogP contribution in [0.25, 0.3) is 22.2 Å². The highest BCUT2D eigenvalue weighted by Crippen LogP contribution is 2.36. The van der Waals surface area contributed by atoms with E-state index in [1.165, 1.54) is 17.7 Å². The Balaban J connectivity index is 1.38. The molecule has 0 unspecified atom stereocenters. The van der Waals surface area contributed by atoms with Crippen LogP contribution in [0.3, 0.4) is 0 Å². The number of nitrogens with one attached hydrogen (secondary N) is 2. The Morgan fingerprint density at radius 2 is 1.93 bits per heavy atom. The number of hydrogen-bond donors (Lipinski definition) is 2. The fourth-order valence-corrected chi connectivity index (χ4v) is 3.57. The lowest BCUT2D eigenvalue weighted by atomic mass is 9.89. The van der Waals surface area contributed by atoms with Gasteiger partial charge in [0.25, 0.3) is 0 Å². The summed E-state index contributed by atoms with van der Waals surface area (Å²) in [5.41, 5.74) is 6.28. The van der Waals surface area contributed by atoms with E-state index in [0.717, 1.165) is 52.7 Å². The Morgan fingerprint density at radius 1 is 1.04 bits per heavy atom. The highest BCUT2D eigenvalue weighted by Gasteiger charge is 2.21. The van der Waals surface area contributed by atoms with E-state index >= 15 is 0 Å². The molecule has 1 aromatic carbocycles.